The Kier molecular flexibility index (Phi) is 6.70. The Hall–Kier alpha value is -4.52. The fraction of sp³-hybridized carbons (Fsp3) is 0.0769. The number of nitro benzene ring substituents is 1. The summed E-state index contributed by atoms with van der Waals surface area (Å²) in [5.41, 5.74) is 4.10. The zero-order chi connectivity index (χ0) is 23.0. The van der Waals surface area contributed by atoms with Crippen molar-refractivity contribution in [2.45, 2.75) is 13.1 Å². The van der Waals surface area contributed by atoms with Gasteiger partial charge in [-0.15, -0.1) is 0 Å². The Morgan fingerprint density at radius 2 is 1.64 bits per heavy atom. The lowest BCUT2D eigenvalue weighted by Gasteiger charge is -2.03. The SMILES string of the molecule is O=C(/C=C/c1ccccc1[N+](=O)[O-])NCc1cn(Cc2ccccc2)nc1-c1ccccc1. The minimum absolute atomic E-state index is 0.0462. The molecule has 0 spiro atoms. The van der Waals surface area contributed by atoms with Crippen LogP contribution in [-0.2, 0) is 17.9 Å². The third kappa shape index (κ3) is 5.59. The molecular weight excluding hydrogens is 416 g/mol. The molecule has 7 nitrogen and oxygen atoms in total. The van der Waals surface area contributed by atoms with Crippen LogP contribution in [0.5, 0.6) is 0 Å². The van der Waals surface area contributed by atoms with Gasteiger partial charge in [0.05, 0.1) is 22.7 Å². The largest absolute Gasteiger partial charge is 0.348 e. The number of nitro groups is 1. The molecule has 3 aromatic carbocycles. The van der Waals surface area contributed by atoms with Crippen molar-refractivity contribution in [2.75, 3.05) is 0 Å². The second-order valence-corrected chi connectivity index (χ2v) is 7.42. The van der Waals surface area contributed by atoms with E-state index in [9.17, 15) is 14.9 Å². The summed E-state index contributed by atoms with van der Waals surface area (Å²) in [5, 5.41) is 18.8. The number of aromatic nitrogens is 2. The van der Waals surface area contributed by atoms with Gasteiger partial charge in [-0.05, 0) is 17.7 Å². The Labute approximate surface area is 191 Å². The molecule has 0 aliphatic carbocycles. The lowest BCUT2D eigenvalue weighted by atomic mass is 10.1. The van der Waals surface area contributed by atoms with Crippen molar-refractivity contribution in [3.05, 3.63) is 124 Å². The number of carbonyl (C=O) groups excluding carboxylic acids is 1. The molecule has 4 rings (SSSR count). The molecule has 33 heavy (non-hydrogen) atoms. The van der Waals surface area contributed by atoms with E-state index < -0.39 is 4.92 Å². The van der Waals surface area contributed by atoms with Crippen LogP contribution in [-0.4, -0.2) is 20.6 Å². The van der Waals surface area contributed by atoms with Crippen molar-refractivity contribution in [3.63, 3.8) is 0 Å². The van der Waals surface area contributed by atoms with Crippen LogP contribution in [0.3, 0.4) is 0 Å². The van der Waals surface area contributed by atoms with E-state index in [1.807, 2.05) is 71.5 Å². The van der Waals surface area contributed by atoms with Crippen LogP contribution in [0.1, 0.15) is 16.7 Å². The number of nitrogens with zero attached hydrogens (tertiary/aromatic N) is 3. The van der Waals surface area contributed by atoms with Gasteiger partial charge in [0.1, 0.15) is 0 Å². The van der Waals surface area contributed by atoms with E-state index in [1.165, 1.54) is 18.2 Å². The van der Waals surface area contributed by atoms with E-state index >= 15 is 0 Å². The van der Waals surface area contributed by atoms with Crippen molar-refractivity contribution in [1.29, 1.82) is 0 Å². The van der Waals surface area contributed by atoms with Gasteiger partial charge in [0.2, 0.25) is 5.91 Å². The maximum atomic E-state index is 12.4. The highest BCUT2D eigenvalue weighted by molar-refractivity contribution is 5.92. The highest BCUT2D eigenvalue weighted by Crippen LogP contribution is 2.23. The van der Waals surface area contributed by atoms with E-state index in [0.717, 1.165) is 22.4 Å². The van der Waals surface area contributed by atoms with Crippen LogP contribution in [0.15, 0.2) is 97.2 Å². The van der Waals surface area contributed by atoms with E-state index in [2.05, 4.69) is 5.32 Å². The smallest absolute Gasteiger partial charge is 0.276 e. The monoisotopic (exact) mass is 438 g/mol. The lowest BCUT2D eigenvalue weighted by molar-refractivity contribution is -0.385. The summed E-state index contributed by atoms with van der Waals surface area (Å²) in [5.74, 6) is -0.344. The Balaban J connectivity index is 1.51. The highest BCUT2D eigenvalue weighted by atomic mass is 16.6. The first-order chi connectivity index (χ1) is 16.1. The number of hydrogen-bond donors (Lipinski definition) is 1. The molecule has 0 radical (unpaired) electrons. The molecule has 164 valence electrons. The normalized spacial score (nSPS) is 10.9. The fourth-order valence-corrected chi connectivity index (χ4v) is 3.48. The van der Waals surface area contributed by atoms with Crippen molar-refractivity contribution in [3.8, 4) is 11.3 Å². The molecular formula is C26H22N4O3. The molecule has 0 aliphatic heterocycles. The lowest BCUT2D eigenvalue weighted by Crippen LogP contribution is -2.20. The van der Waals surface area contributed by atoms with Crippen LogP contribution < -0.4 is 5.32 Å². The quantitative estimate of drug-likeness (QED) is 0.242. The average Bonchev–Trinajstić information content (AvgIpc) is 3.25. The van der Waals surface area contributed by atoms with Gasteiger partial charge in [0.15, 0.2) is 0 Å². The Morgan fingerprint density at radius 1 is 0.970 bits per heavy atom. The van der Waals surface area contributed by atoms with Crippen molar-refractivity contribution < 1.29 is 9.72 Å². The van der Waals surface area contributed by atoms with Crippen molar-refractivity contribution >= 4 is 17.7 Å². The van der Waals surface area contributed by atoms with Gasteiger partial charge >= 0.3 is 0 Å². The summed E-state index contributed by atoms with van der Waals surface area (Å²) in [4.78, 5) is 23.1. The summed E-state index contributed by atoms with van der Waals surface area (Å²) in [7, 11) is 0. The predicted octanol–water partition coefficient (Wildman–Crippen LogP) is 4.84. The van der Waals surface area contributed by atoms with E-state index in [-0.39, 0.29) is 18.1 Å². The minimum Gasteiger partial charge on any atom is -0.348 e. The minimum atomic E-state index is -0.467. The topological polar surface area (TPSA) is 90.1 Å². The first kappa shape index (κ1) is 21.7. The molecule has 0 atom stereocenters. The van der Waals surface area contributed by atoms with Crippen LogP contribution in [0.2, 0.25) is 0 Å². The number of para-hydroxylation sites is 1. The van der Waals surface area contributed by atoms with Gasteiger partial charge < -0.3 is 5.32 Å². The average molecular weight is 438 g/mol. The number of carbonyl (C=O) groups is 1. The van der Waals surface area contributed by atoms with E-state index in [4.69, 9.17) is 5.10 Å². The zero-order valence-electron chi connectivity index (χ0n) is 17.8. The Bertz CT molecular complexity index is 1280. The molecule has 1 aromatic heterocycles. The number of hydrogen-bond acceptors (Lipinski definition) is 4. The number of benzene rings is 3. The molecule has 0 aliphatic rings. The summed E-state index contributed by atoms with van der Waals surface area (Å²) in [6.07, 6.45) is 4.69. The van der Waals surface area contributed by atoms with E-state index in [0.29, 0.717) is 12.1 Å². The van der Waals surface area contributed by atoms with Crippen LogP contribution in [0.4, 0.5) is 5.69 Å². The second kappa shape index (κ2) is 10.2. The first-order valence-corrected chi connectivity index (χ1v) is 10.4. The third-order valence-corrected chi connectivity index (χ3v) is 5.07. The maximum Gasteiger partial charge on any atom is 0.276 e. The molecule has 0 fully saturated rings. The fourth-order valence-electron chi connectivity index (χ4n) is 3.48. The van der Waals surface area contributed by atoms with Gasteiger partial charge in [-0.3, -0.25) is 19.6 Å². The molecule has 1 heterocycles. The molecule has 4 aromatic rings. The van der Waals surface area contributed by atoms with Gasteiger partial charge in [0.25, 0.3) is 5.69 Å². The van der Waals surface area contributed by atoms with Crippen LogP contribution >= 0.6 is 0 Å². The second-order valence-electron chi connectivity index (χ2n) is 7.42. The predicted molar refractivity (Wildman–Crippen MR) is 127 cm³/mol. The summed E-state index contributed by atoms with van der Waals surface area (Å²) >= 11 is 0. The van der Waals surface area contributed by atoms with Gasteiger partial charge in [0, 0.05) is 36.0 Å². The Morgan fingerprint density at radius 3 is 2.36 bits per heavy atom. The summed E-state index contributed by atoms with van der Waals surface area (Å²) in [6, 6.07) is 26.1. The first-order valence-electron chi connectivity index (χ1n) is 10.4. The molecule has 7 heteroatoms. The third-order valence-electron chi connectivity index (χ3n) is 5.07. The number of rotatable bonds is 8. The number of nitrogens with one attached hydrogen (secondary N) is 1. The van der Waals surface area contributed by atoms with Crippen molar-refractivity contribution in [2.24, 2.45) is 0 Å². The van der Waals surface area contributed by atoms with Gasteiger partial charge in [-0.2, -0.15) is 5.10 Å². The van der Waals surface area contributed by atoms with Crippen molar-refractivity contribution in [1.82, 2.24) is 15.1 Å². The molecule has 0 bridgehead atoms. The summed E-state index contributed by atoms with van der Waals surface area (Å²) in [6.45, 7) is 0.894. The summed E-state index contributed by atoms with van der Waals surface area (Å²) < 4.78 is 1.86. The van der Waals surface area contributed by atoms with Crippen LogP contribution in [0, 0.1) is 10.1 Å². The van der Waals surface area contributed by atoms with Gasteiger partial charge in [-0.1, -0.05) is 72.8 Å². The maximum absolute atomic E-state index is 12.4. The standard InChI is InChI=1S/C26H22N4O3/c31-25(16-15-21-11-7-8-14-24(21)30(32)33)27-17-23-19-29(18-20-9-3-1-4-10-20)28-26(23)22-12-5-2-6-13-22/h1-16,19H,17-18H2,(H,27,31)/b16-15+. The molecule has 0 saturated carbocycles. The molecule has 1 N–H and O–H groups in total. The molecule has 1 amide bonds. The van der Waals surface area contributed by atoms with E-state index in [1.54, 1.807) is 18.2 Å². The molecule has 0 saturated heterocycles. The zero-order valence-corrected chi connectivity index (χ0v) is 17.8. The highest BCUT2D eigenvalue weighted by Gasteiger charge is 2.13. The molecule has 0 unspecified atom stereocenters. The van der Waals surface area contributed by atoms with Gasteiger partial charge in [-0.25, -0.2) is 0 Å². The van der Waals surface area contributed by atoms with Crippen LogP contribution in [0.25, 0.3) is 17.3 Å². The number of amides is 1.